The van der Waals surface area contributed by atoms with Gasteiger partial charge in [-0.2, -0.15) is 9.97 Å². The summed E-state index contributed by atoms with van der Waals surface area (Å²) in [5.41, 5.74) is 0.262. The van der Waals surface area contributed by atoms with Gasteiger partial charge in [0.15, 0.2) is 29.5 Å². The van der Waals surface area contributed by atoms with Gasteiger partial charge in [-0.3, -0.25) is 4.57 Å². The average molecular weight is 538 g/mol. The average Bonchev–Trinajstić information content (AvgIpc) is 3.07. The standard InChI is InChI=1S/C21H17ClFN5O9/c22-19-26-13(24)9-14(27-19)28(6-25-9)15-10(23)21(35)11(36-15)12(21)37-20(17(31)32,18(33)34)5-7-2-1-3-8(4-7)16(29)30/h1-4,6,10-12,15,35H,5H2,(H,29,30)(H,31,32)(H,33,34)(H2,24,26,27)/t10-,11-,12?,15-,21+/m1/s1. The topological polar surface area (TPSA) is 220 Å². The fourth-order valence-corrected chi connectivity index (χ4v) is 4.61. The third-order valence-corrected chi connectivity index (χ3v) is 6.57. The number of aromatic nitrogens is 4. The van der Waals surface area contributed by atoms with Crippen molar-refractivity contribution in [3.05, 3.63) is 47.0 Å². The minimum atomic E-state index is -2.99. The van der Waals surface area contributed by atoms with Crippen molar-refractivity contribution in [3.8, 4) is 0 Å². The molecule has 2 fully saturated rings. The minimum Gasteiger partial charge on any atom is -0.479 e. The summed E-state index contributed by atoms with van der Waals surface area (Å²) in [7, 11) is 0. The highest BCUT2D eigenvalue weighted by atomic mass is 35.5. The van der Waals surface area contributed by atoms with E-state index < -0.39 is 60.1 Å². The van der Waals surface area contributed by atoms with E-state index in [1.54, 1.807) is 0 Å². The Balaban J connectivity index is 1.42. The normalized spacial score (nSPS) is 26.7. The molecule has 0 bridgehead atoms. The van der Waals surface area contributed by atoms with E-state index in [2.05, 4.69) is 15.0 Å². The number of rotatable bonds is 8. The Morgan fingerprint density at radius 3 is 2.54 bits per heavy atom. The summed E-state index contributed by atoms with van der Waals surface area (Å²) in [6.07, 6.45) is -6.53. The highest BCUT2D eigenvalue weighted by molar-refractivity contribution is 6.28. The largest absolute Gasteiger partial charge is 0.479 e. The summed E-state index contributed by atoms with van der Waals surface area (Å²) in [4.78, 5) is 47.2. The molecule has 194 valence electrons. The maximum Gasteiger partial charge on any atom is 0.348 e. The fraction of sp³-hybridized carbons (Fsp3) is 0.333. The van der Waals surface area contributed by atoms with Gasteiger partial charge in [-0.15, -0.1) is 0 Å². The number of hydrogen-bond donors (Lipinski definition) is 5. The number of ether oxygens (including phenoxy) is 2. The van der Waals surface area contributed by atoms with Gasteiger partial charge in [0.1, 0.15) is 17.7 Å². The molecular weight excluding hydrogens is 521 g/mol. The number of aliphatic carboxylic acids is 2. The zero-order chi connectivity index (χ0) is 26.9. The van der Waals surface area contributed by atoms with Crippen molar-refractivity contribution in [3.63, 3.8) is 0 Å². The Hall–Kier alpha value is -3.92. The molecule has 1 saturated heterocycles. The Bertz CT molecular complexity index is 1450. The van der Waals surface area contributed by atoms with Crippen molar-refractivity contribution < 1.29 is 48.7 Å². The number of alkyl halides is 1. The lowest BCUT2D eigenvalue weighted by Gasteiger charge is -2.28. The van der Waals surface area contributed by atoms with Crippen molar-refractivity contribution >= 4 is 46.5 Å². The van der Waals surface area contributed by atoms with Crippen LogP contribution in [-0.2, 0) is 25.5 Å². The number of nitrogens with two attached hydrogens (primary N) is 1. The van der Waals surface area contributed by atoms with Crippen molar-refractivity contribution in [2.24, 2.45) is 0 Å². The summed E-state index contributed by atoms with van der Waals surface area (Å²) >= 11 is 5.82. The molecule has 0 spiro atoms. The number of aliphatic hydroxyl groups is 1. The number of hydrogen-bond acceptors (Lipinski definition) is 10. The number of fused-ring (bicyclic) bond motifs is 2. The quantitative estimate of drug-likeness (QED) is 0.192. The van der Waals surface area contributed by atoms with Crippen LogP contribution in [0.2, 0.25) is 5.28 Å². The first-order valence-electron chi connectivity index (χ1n) is 10.5. The van der Waals surface area contributed by atoms with Gasteiger partial charge in [0.25, 0.3) is 5.60 Å². The molecule has 1 unspecified atom stereocenters. The maximum absolute atomic E-state index is 15.5. The number of halogens is 2. The molecule has 5 rings (SSSR count). The highest BCUT2D eigenvalue weighted by Gasteiger charge is 2.80. The first-order chi connectivity index (χ1) is 17.4. The van der Waals surface area contributed by atoms with Crippen molar-refractivity contribution in [1.82, 2.24) is 19.5 Å². The van der Waals surface area contributed by atoms with E-state index >= 15 is 4.39 Å². The summed E-state index contributed by atoms with van der Waals surface area (Å²) < 4.78 is 27.6. The molecule has 14 nitrogen and oxygen atoms in total. The molecule has 2 aliphatic rings. The van der Waals surface area contributed by atoms with E-state index in [4.69, 9.17) is 31.9 Å². The number of carboxylic acids is 3. The number of carbonyl (C=O) groups is 3. The molecule has 1 aliphatic carbocycles. The van der Waals surface area contributed by atoms with E-state index in [1.807, 2.05) is 0 Å². The molecule has 2 aromatic heterocycles. The Morgan fingerprint density at radius 1 is 1.24 bits per heavy atom. The van der Waals surface area contributed by atoms with Gasteiger partial charge in [-0.25, -0.2) is 23.8 Å². The Morgan fingerprint density at radius 2 is 1.95 bits per heavy atom. The molecule has 37 heavy (non-hydrogen) atoms. The number of aromatic carboxylic acids is 1. The van der Waals surface area contributed by atoms with Gasteiger partial charge in [0.05, 0.1) is 11.9 Å². The molecule has 1 aromatic carbocycles. The number of anilines is 1. The smallest absolute Gasteiger partial charge is 0.348 e. The zero-order valence-electron chi connectivity index (χ0n) is 18.4. The molecule has 0 radical (unpaired) electrons. The summed E-state index contributed by atoms with van der Waals surface area (Å²) in [6.45, 7) is 0. The van der Waals surface area contributed by atoms with Crippen molar-refractivity contribution in [1.29, 1.82) is 0 Å². The number of imidazole rings is 1. The number of nitrogen functional groups attached to an aromatic ring is 1. The molecule has 1 aliphatic heterocycles. The summed E-state index contributed by atoms with van der Waals surface area (Å²) in [5, 5.41) is 39.5. The van der Waals surface area contributed by atoms with Gasteiger partial charge in [0, 0.05) is 6.42 Å². The summed E-state index contributed by atoms with van der Waals surface area (Å²) in [6, 6.07) is 4.93. The van der Waals surface area contributed by atoms with Crippen molar-refractivity contribution in [2.75, 3.05) is 5.73 Å². The predicted octanol–water partition coefficient (Wildman–Crippen LogP) is 0.276. The van der Waals surface area contributed by atoms with Gasteiger partial charge in [0.2, 0.25) is 5.28 Å². The second-order valence-corrected chi connectivity index (χ2v) is 8.93. The lowest BCUT2D eigenvalue weighted by atomic mass is 9.93. The van der Waals surface area contributed by atoms with E-state index in [-0.39, 0.29) is 33.4 Å². The number of benzene rings is 1. The van der Waals surface area contributed by atoms with Crippen LogP contribution in [0.5, 0.6) is 0 Å². The third-order valence-electron chi connectivity index (χ3n) is 6.40. The molecule has 3 heterocycles. The van der Waals surface area contributed by atoms with Crippen molar-refractivity contribution in [2.45, 2.75) is 42.2 Å². The lowest BCUT2D eigenvalue weighted by molar-refractivity contribution is -0.194. The van der Waals surface area contributed by atoms with Crippen LogP contribution in [0, 0.1) is 0 Å². The van der Waals surface area contributed by atoms with E-state index in [0.717, 1.165) is 17.0 Å². The van der Waals surface area contributed by atoms with Gasteiger partial charge < -0.3 is 35.6 Å². The van der Waals surface area contributed by atoms with Gasteiger partial charge in [-0.05, 0) is 29.3 Å². The molecule has 3 aromatic rings. The van der Waals surface area contributed by atoms with Crippen LogP contribution in [0.1, 0.15) is 22.1 Å². The fourth-order valence-electron chi connectivity index (χ4n) is 4.44. The van der Waals surface area contributed by atoms with Crippen LogP contribution in [-0.4, -0.2) is 87.4 Å². The van der Waals surface area contributed by atoms with Crippen LogP contribution in [0.15, 0.2) is 30.6 Å². The van der Waals surface area contributed by atoms with Gasteiger partial charge in [-0.1, -0.05) is 12.1 Å². The molecule has 6 N–H and O–H groups in total. The second kappa shape index (κ2) is 8.31. The number of carboxylic acid groups (broad SMARTS) is 3. The zero-order valence-corrected chi connectivity index (χ0v) is 19.1. The Labute approximate surface area is 210 Å². The van der Waals surface area contributed by atoms with Crippen LogP contribution in [0.4, 0.5) is 10.2 Å². The van der Waals surface area contributed by atoms with Crippen LogP contribution < -0.4 is 5.73 Å². The van der Waals surface area contributed by atoms with Crippen LogP contribution in [0.25, 0.3) is 11.2 Å². The maximum atomic E-state index is 15.5. The first-order valence-corrected chi connectivity index (χ1v) is 10.9. The van der Waals surface area contributed by atoms with Gasteiger partial charge >= 0.3 is 17.9 Å². The van der Waals surface area contributed by atoms with Crippen LogP contribution >= 0.6 is 11.6 Å². The first kappa shape index (κ1) is 24.8. The molecule has 16 heteroatoms. The van der Waals surface area contributed by atoms with E-state index in [0.29, 0.717) is 0 Å². The summed E-state index contributed by atoms with van der Waals surface area (Å²) in [5.74, 6) is -5.27. The SMILES string of the molecule is Nc1nc(Cl)nc2c1ncn2[C@@H]1O[C@@H]2C(OC(Cc3cccc(C(=O)O)c3)(C(=O)O)C(=O)O)[C@]2(O)[C@@H]1F. The minimum absolute atomic E-state index is 0.0104. The monoisotopic (exact) mass is 537 g/mol. The molecule has 5 atom stereocenters. The van der Waals surface area contributed by atoms with E-state index in [1.165, 1.54) is 18.2 Å². The lowest BCUT2D eigenvalue weighted by Crippen LogP contribution is -2.53. The number of nitrogens with zero attached hydrogens (tertiary/aromatic N) is 4. The molecule has 0 amide bonds. The molecule has 1 saturated carbocycles. The molecular formula is C21H17ClFN5O9. The van der Waals surface area contributed by atoms with E-state index in [9.17, 15) is 29.7 Å². The Kier molecular flexibility index (Phi) is 5.56. The van der Waals surface area contributed by atoms with Crippen LogP contribution in [0.3, 0.4) is 0 Å². The highest BCUT2D eigenvalue weighted by Crippen LogP contribution is 2.58. The second-order valence-electron chi connectivity index (χ2n) is 8.60. The predicted molar refractivity (Wildman–Crippen MR) is 118 cm³/mol. The third kappa shape index (κ3) is 3.66.